The van der Waals surface area contributed by atoms with Crippen LogP contribution >= 0.6 is 0 Å². The highest BCUT2D eigenvalue weighted by Gasteiger charge is 2.30. The van der Waals surface area contributed by atoms with Gasteiger partial charge in [0, 0.05) is 0 Å². The quantitative estimate of drug-likeness (QED) is 0.648. The van der Waals surface area contributed by atoms with Gasteiger partial charge in [0.15, 0.2) is 5.75 Å². The molecular weight excluding hydrogens is 173 g/mol. The van der Waals surface area contributed by atoms with Crippen molar-refractivity contribution < 1.29 is 23.0 Å². The Morgan fingerprint density at radius 3 is 2.00 bits per heavy atom. The molecule has 12 heavy (non-hydrogen) atoms. The zero-order valence-electron chi connectivity index (χ0n) is 5.76. The van der Waals surface area contributed by atoms with Crippen LogP contribution in [0.1, 0.15) is 0 Å². The van der Waals surface area contributed by atoms with E-state index in [2.05, 4.69) is 4.74 Å². The summed E-state index contributed by atoms with van der Waals surface area (Å²) in [5, 5.41) is 10.5. The molecule has 5 heteroatoms. The number of alkyl halides is 3. The highest BCUT2D eigenvalue weighted by atomic mass is 19.4. The standard InChI is InChI=1S/C7H4F3O2/c8-7(9,10)12-6-3-1-5(11)2-4-6/h1-4H. The predicted molar refractivity (Wildman–Crippen MR) is 33.3 cm³/mol. The maximum Gasteiger partial charge on any atom is 0.573 e. The maximum atomic E-state index is 11.5. The third-order valence-electron chi connectivity index (χ3n) is 1.06. The summed E-state index contributed by atoms with van der Waals surface area (Å²) in [7, 11) is 0. The lowest BCUT2D eigenvalue weighted by molar-refractivity contribution is -0.274. The highest BCUT2D eigenvalue weighted by Crippen LogP contribution is 2.24. The lowest BCUT2D eigenvalue weighted by atomic mass is 10.3. The first kappa shape index (κ1) is 8.70. The number of halogens is 3. The predicted octanol–water partition coefficient (Wildman–Crippen LogP) is 2.73. The van der Waals surface area contributed by atoms with Gasteiger partial charge in [0.05, 0.1) is 0 Å². The average Bonchev–Trinajstić information content (AvgIpc) is 1.91. The molecule has 0 heterocycles. The molecule has 2 nitrogen and oxygen atoms in total. The molecule has 0 amide bonds. The Morgan fingerprint density at radius 1 is 1.08 bits per heavy atom. The largest absolute Gasteiger partial charge is 0.573 e. The molecule has 1 rings (SSSR count). The van der Waals surface area contributed by atoms with E-state index in [1.54, 1.807) is 0 Å². The molecule has 1 aromatic carbocycles. The molecule has 0 spiro atoms. The van der Waals surface area contributed by atoms with E-state index in [9.17, 15) is 18.3 Å². The second-order valence-electron chi connectivity index (χ2n) is 2.02. The average molecular weight is 177 g/mol. The molecule has 0 aliphatic rings. The van der Waals surface area contributed by atoms with E-state index in [-0.39, 0.29) is 11.5 Å². The van der Waals surface area contributed by atoms with Crippen LogP contribution in [0.5, 0.6) is 11.5 Å². The number of hydrogen-bond donors (Lipinski definition) is 0. The third kappa shape index (κ3) is 2.69. The summed E-state index contributed by atoms with van der Waals surface area (Å²) in [5.41, 5.74) is 0. The minimum absolute atomic E-state index is 0.357. The number of rotatable bonds is 1. The first-order valence-corrected chi connectivity index (χ1v) is 3.00. The summed E-state index contributed by atoms with van der Waals surface area (Å²) in [6.07, 6.45) is -4.70. The number of ether oxygens (including phenoxy) is 1. The van der Waals surface area contributed by atoms with Crippen LogP contribution < -0.4 is 4.74 Å². The summed E-state index contributed by atoms with van der Waals surface area (Å²) in [6, 6.07) is 3.94. The van der Waals surface area contributed by atoms with Gasteiger partial charge in [-0.05, 0) is 24.3 Å². The Labute approximate surface area is 66.2 Å². The van der Waals surface area contributed by atoms with Crippen molar-refractivity contribution in [2.24, 2.45) is 0 Å². The monoisotopic (exact) mass is 177 g/mol. The number of benzene rings is 1. The summed E-state index contributed by atoms with van der Waals surface area (Å²) >= 11 is 0. The maximum absolute atomic E-state index is 11.5. The summed E-state index contributed by atoms with van der Waals surface area (Å²) in [5.74, 6) is -0.744. The molecule has 0 atom stereocenters. The van der Waals surface area contributed by atoms with Crippen LogP contribution in [0.2, 0.25) is 0 Å². The van der Waals surface area contributed by atoms with Crippen LogP contribution in [0.15, 0.2) is 24.3 Å². The Hall–Kier alpha value is -1.39. The van der Waals surface area contributed by atoms with E-state index in [1.165, 1.54) is 0 Å². The Bertz CT molecular complexity index is 252. The van der Waals surface area contributed by atoms with Crippen molar-refractivity contribution in [2.75, 3.05) is 0 Å². The molecular formula is C7H4F3O2. The van der Waals surface area contributed by atoms with Gasteiger partial charge in [-0.25, -0.2) is 0 Å². The van der Waals surface area contributed by atoms with Crippen molar-refractivity contribution in [3.05, 3.63) is 24.3 Å². The fourth-order valence-electron chi connectivity index (χ4n) is 0.641. The fourth-order valence-corrected chi connectivity index (χ4v) is 0.641. The van der Waals surface area contributed by atoms with Gasteiger partial charge < -0.3 is 4.74 Å². The van der Waals surface area contributed by atoms with Crippen LogP contribution in [0.3, 0.4) is 0 Å². The van der Waals surface area contributed by atoms with E-state index in [4.69, 9.17) is 0 Å². The normalized spacial score (nSPS) is 11.2. The third-order valence-corrected chi connectivity index (χ3v) is 1.06. The molecule has 0 saturated carbocycles. The lowest BCUT2D eigenvalue weighted by Crippen LogP contribution is -2.16. The van der Waals surface area contributed by atoms with Gasteiger partial charge >= 0.3 is 6.36 Å². The van der Waals surface area contributed by atoms with Crippen LogP contribution in [0.4, 0.5) is 13.2 Å². The second kappa shape index (κ2) is 2.92. The Balaban J connectivity index is 2.71. The summed E-state index contributed by atoms with van der Waals surface area (Å²) in [4.78, 5) is 0. The summed E-state index contributed by atoms with van der Waals surface area (Å²) < 4.78 is 38.1. The van der Waals surface area contributed by atoms with Gasteiger partial charge in [-0.1, -0.05) is 0 Å². The van der Waals surface area contributed by atoms with Crippen LogP contribution in [-0.4, -0.2) is 6.36 Å². The second-order valence-corrected chi connectivity index (χ2v) is 2.02. The van der Waals surface area contributed by atoms with Crippen molar-refractivity contribution in [1.82, 2.24) is 0 Å². The molecule has 1 aromatic rings. The molecule has 0 unspecified atom stereocenters. The van der Waals surface area contributed by atoms with E-state index in [0.717, 1.165) is 24.3 Å². The van der Waals surface area contributed by atoms with Crippen LogP contribution in [0.25, 0.3) is 0 Å². The van der Waals surface area contributed by atoms with Gasteiger partial charge in [0.1, 0.15) is 5.75 Å². The first-order valence-electron chi connectivity index (χ1n) is 3.00. The molecule has 0 bridgehead atoms. The zero-order valence-corrected chi connectivity index (χ0v) is 5.76. The van der Waals surface area contributed by atoms with E-state index in [0.29, 0.717) is 0 Å². The summed E-state index contributed by atoms with van der Waals surface area (Å²) in [6.45, 7) is 0. The van der Waals surface area contributed by atoms with E-state index in [1.807, 2.05) is 0 Å². The molecule has 0 saturated heterocycles. The molecule has 0 fully saturated rings. The smallest absolute Gasteiger partial charge is 0.406 e. The van der Waals surface area contributed by atoms with E-state index < -0.39 is 6.36 Å². The highest BCUT2D eigenvalue weighted by molar-refractivity contribution is 5.29. The molecule has 0 aromatic heterocycles. The first-order chi connectivity index (χ1) is 5.47. The fraction of sp³-hybridized carbons (Fsp3) is 0.143. The lowest BCUT2D eigenvalue weighted by Gasteiger charge is -2.07. The van der Waals surface area contributed by atoms with Crippen molar-refractivity contribution in [3.63, 3.8) is 0 Å². The molecule has 0 N–H and O–H groups in total. The molecule has 1 radical (unpaired) electrons. The topological polar surface area (TPSA) is 29.1 Å². The van der Waals surface area contributed by atoms with Gasteiger partial charge in [0.2, 0.25) is 0 Å². The molecule has 0 aliphatic carbocycles. The van der Waals surface area contributed by atoms with Gasteiger partial charge in [-0.3, -0.25) is 5.11 Å². The molecule has 65 valence electrons. The van der Waals surface area contributed by atoms with Crippen molar-refractivity contribution in [3.8, 4) is 11.5 Å². The van der Waals surface area contributed by atoms with Gasteiger partial charge in [-0.2, -0.15) is 0 Å². The van der Waals surface area contributed by atoms with Crippen LogP contribution in [0, 0.1) is 0 Å². The van der Waals surface area contributed by atoms with Gasteiger partial charge in [0.25, 0.3) is 0 Å². The SMILES string of the molecule is [O]c1ccc(OC(F)(F)F)cc1. The van der Waals surface area contributed by atoms with Crippen molar-refractivity contribution >= 4 is 0 Å². The van der Waals surface area contributed by atoms with Crippen molar-refractivity contribution in [1.29, 1.82) is 0 Å². The minimum Gasteiger partial charge on any atom is -0.406 e. The zero-order chi connectivity index (χ0) is 9.19. The van der Waals surface area contributed by atoms with E-state index >= 15 is 0 Å². The van der Waals surface area contributed by atoms with Crippen molar-refractivity contribution in [2.45, 2.75) is 6.36 Å². The van der Waals surface area contributed by atoms with Crippen LogP contribution in [-0.2, 0) is 5.11 Å². The Morgan fingerprint density at radius 2 is 1.58 bits per heavy atom. The minimum atomic E-state index is -4.70. The van der Waals surface area contributed by atoms with Gasteiger partial charge in [-0.15, -0.1) is 13.2 Å². The number of hydrogen-bond acceptors (Lipinski definition) is 1. The Kier molecular flexibility index (Phi) is 2.12. The molecule has 0 aliphatic heterocycles.